The van der Waals surface area contributed by atoms with Gasteiger partial charge in [0.1, 0.15) is 0 Å². The summed E-state index contributed by atoms with van der Waals surface area (Å²) in [5.41, 5.74) is -0.456. The lowest BCUT2D eigenvalue weighted by Gasteiger charge is -2.33. The zero-order valence-electron chi connectivity index (χ0n) is 24.4. The van der Waals surface area contributed by atoms with Gasteiger partial charge in [0, 0.05) is 26.4 Å². The second-order valence-electron chi connectivity index (χ2n) is 10.8. The van der Waals surface area contributed by atoms with Crippen LogP contribution in [0.3, 0.4) is 0 Å². The van der Waals surface area contributed by atoms with Crippen molar-refractivity contribution in [1.82, 2.24) is 4.90 Å². The molecule has 0 unspecified atom stereocenters. The Morgan fingerprint density at radius 1 is 0.737 bits per heavy atom. The molecule has 0 spiro atoms. The molecule has 2 atom stereocenters. The van der Waals surface area contributed by atoms with Gasteiger partial charge in [0.2, 0.25) is 5.91 Å². The molecule has 0 aliphatic carbocycles. The molecule has 0 radical (unpaired) electrons. The van der Waals surface area contributed by atoms with Crippen LogP contribution < -0.4 is 21.2 Å². The Morgan fingerprint density at radius 2 is 1.13 bits per heavy atom. The minimum atomic E-state index is -1.64. The molecule has 0 saturated carbocycles. The van der Waals surface area contributed by atoms with Crippen molar-refractivity contribution in [2.75, 3.05) is 12.7 Å². The molecule has 4 aromatic carbocycles. The molecule has 1 heterocycles. The first-order valence-electron chi connectivity index (χ1n) is 14.3. The van der Waals surface area contributed by atoms with E-state index in [1.54, 1.807) is 0 Å². The Kier molecular flexibility index (Phi) is 7.63. The van der Waals surface area contributed by atoms with E-state index in [-0.39, 0.29) is 11.6 Å². The van der Waals surface area contributed by atoms with Gasteiger partial charge in [0.05, 0.1) is 0 Å². The van der Waals surface area contributed by atoms with Crippen molar-refractivity contribution in [3.05, 3.63) is 121 Å². The van der Waals surface area contributed by atoms with Crippen molar-refractivity contribution in [2.24, 2.45) is 5.41 Å². The largest absolute Gasteiger partial charge is 0.338 e. The lowest BCUT2D eigenvalue weighted by Crippen LogP contribution is -2.44. The van der Waals surface area contributed by atoms with Crippen molar-refractivity contribution >= 4 is 43.0 Å². The predicted octanol–water partition coefficient (Wildman–Crippen LogP) is 6.27. The second-order valence-corrected chi connectivity index (χ2v) is 15.3. The van der Waals surface area contributed by atoms with Crippen LogP contribution in [0, 0.1) is 5.41 Å². The van der Waals surface area contributed by atoms with E-state index in [2.05, 4.69) is 48.5 Å². The van der Waals surface area contributed by atoms with Crippen LogP contribution in [0.5, 0.6) is 0 Å². The van der Waals surface area contributed by atoms with Gasteiger partial charge in [-0.2, -0.15) is 0 Å². The number of hydrogen-bond acceptors (Lipinski definition) is 1. The number of amides is 1. The van der Waals surface area contributed by atoms with Crippen molar-refractivity contribution in [3.63, 3.8) is 0 Å². The van der Waals surface area contributed by atoms with E-state index in [0.29, 0.717) is 13.0 Å². The molecular formula is C34H37NOP2. The molecule has 1 saturated heterocycles. The lowest BCUT2D eigenvalue weighted by atomic mass is 9.94. The van der Waals surface area contributed by atoms with Crippen LogP contribution in [-0.2, 0) is 4.79 Å². The Bertz CT molecular complexity index is 1320. The first-order chi connectivity index (χ1) is 19.2. The molecule has 1 aliphatic heterocycles. The van der Waals surface area contributed by atoms with Gasteiger partial charge >= 0.3 is 0 Å². The van der Waals surface area contributed by atoms with Crippen LogP contribution >= 0.6 is 15.8 Å². The van der Waals surface area contributed by atoms with Gasteiger partial charge in [-0.15, -0.1) is 0 Å². The van der Waals surface area contributed by atoms with E-state index in [0.717, 1.165) is 10.6 Å². The average Bonchev–Trinajstić information content (AvgIpc) is 3.40. The number of nitrogens with zero attached hydrogens (tertiary/aromatic N) is 1. The van der Waals surface area contributed by atoms with Crippen LogP contribution in [0.25, 0.3) is 0 Å². The predicted molar refractivity (Wildman–Crippen MR) is 166 cm³/mol. The Morgan fingerprint density at radius 3 is 1.53 bits per heavy atom. The number of rotatable bonds is 7. The summed E-state index contributed by atoms with van der Waals surface area (Å²) < 4.78 is 19.7. The van der Waals surface area contributed by atoms with Crippen molar-refractivity contribution in [2.45, 2.75) is 38.9 Å². The van der Waals surface area contributed by atoms with E-state index in [1.807, 2.05) is 98.5 Å². The molecule has 0 aromatic heterocycles. The first-order valence-corrected chi connectivity index (χ1v) is 16.0. The Hall–Kier alpha value is -2.79. The number of carbonyl (C=O) groups excluding carboxylic acids is 1. The van der Waals surface area contributed by atoms with Gasteiger partial charge in [-0.25, -0.2) is 0 Å². The minimum Gasteiger partial charge on any atom is -0.338 e. The highest BCUT2D eigenvalue weighted by Gasteiger charge is 2.43. The number of hydrogen-bond donors (Lipinski definition) is 0. The molecule has 1 amide bonds. The van der Waals surface area contributed by atoms with Crippen LogP contribution in [0.2, 0.25) is 0 Å². The summed E-state index contributed by atoms with van der Waals surface area (Å²) in [7, 11) is -2.19. The molecule has 4 heteroatoms. The smallest absolute Gasteiger partial charge is 0.228 e. The van der Waals surface area contributed by atoms with E-state index < -0.39 is 33.4 Å². The first kappa shape index (κ1) is 24.3. The highest BCUT2D eigenvalue weighted by Crippen LogP contribution is 2.48. The SMILES string of the molecule is [2H]C([2H])([C@@H]1C[C@H](P(c2ccccc2)c2ccccc2)CN1C(=O)C(C)(C)C)P(c1ccccc1)c1ccccc1. The number of likely N-dealkylation sites (tertiary alicyclic amines) is 1. The highest BCUT2D eigenvalue weighted by atomic mass is 31.1. The van der Waals surface area contributed by atoms with Gasteiger partial charge in [0.15, 0.2) is 0 Å². The molecule has 5 rings (SSSR count). The Labute approximate surface area is 233 Å². The molecule has 0 bridgehead atoms. The van der Waals surface area contributed by atoms with E-state index >= 15 is 0 Å². The van der Waals surface area contributed by atoms with Gasteiger partial charge in [0.25, 0.3) is 0 Å². The van der Waals surface area contributed by atoms with Crippen molar-refractivity contribution < 1.29 is 7.54 Å². The summed E-state index contributed by atoms with van der Waals surface area (Å²) >= 11 is 0. The van der Waals surface area contributed by atoms with Crippen molar-refractivity contribution in [3.8, 4) is 0 Å². The monoisotopic (exact) mass is 539 g/mol. The van der Waals surface area contributed by atoms with E-state index in [9.17, 15) is 7.54 Å². The summed E-state index contributed by atoms with van der Waals surface area (Å²) in [6.45, 7) is 6.40. The second kappa shape index (κ2) is 11.9. The van der Waals surface area contributed by atoms with Crippen LogP contribution in [0.1, 0.15) is 29.9 Å². The average molecular weight is 540 g/mol. The fourth-order valence-corrected chi connectivity index (χ4v) is 10.1. The maximum Gasteiger partial charge on any atom is 0.228 e. The zero-order chi connectivity index (χ0) is 28.3. The van der Waals surface area contributed by atoms with Crippen LogP contribution in [0.15, 0.2) is 121 Å². The Balaban J connectivity index is 1.62. The molecular weight excluding hydrogens is 500 g/mol. The standard InChI is InChI=1S/C34H37NOP2/c1-34(2,3)33(36)35-25-32(38(30-20-12-6-13-21-30)31-22-14-7-15-23-31)24-27(35)26-37(28-16-8-4-9-17-28)29-18-10-5-11-19-29/h4-23,27,32H,24-26H2,1-3H3/t27-,32-/m0/s1/i26D2. The molecule has 1 aliphatic rings. The molecule has 4 aromatic rings. The summed E-state index contributed by atoms with van der Waals surface area (Å²) in [6, 6.07) is 40.7. The maximum atomic E-state index is 14.0. The fraction of sp³-hybridized carbons (Fsp3) is 0.265. The van der Waals surface area contributed by atoms with E-state index in [4.69, 9.17) is 0 Å². The fourth-order valence-electron chi connectivity index (χ4n) is 5.13. The minimum absolute atomic E-state index is 0.0241. The zero-order valence-corrected chi connectivity index (χ0v) is 24.2. The van der Waals surface area contributed by atoms with Crippen molar-refractivity contribution in [1.29, 1.82) is 0 Å². The number of benzene rings is 4. The molecule has 1 fully saturated rings. The molecule has 2 nitrogen and oxygen atoms in total. The summed E-state index contributed by atoms with van der Waals surface area (Å²) in [6.07, 6.45) is -1.01. The molecule has 0 N–H and O–H groups in total. The normalized spacial score (nSPS) is 18.9. The summed E-state index contributed by atoms with van der Waals surface area (Å²) in [4.78, 5) is 15.9. The van der Waals surface area contributed by atoms with E-state index in [1.165, 1.54) is 10.6 Å². The summed E-state index contributed by atoms with van der Waals surface area (Å²) in [5, 5.41) is 4.53. The highest BCUT2D eigenvalue weighted by molar-refractivity contribution is 7.74. The third-order valence-electron chi connectivity index (χ3n) is 6.92. The molecule has 38 heavy (non-hydrogen) atoms. The number of carbonyl (C=O) groups is 1. The third-order valence-corrected chi connectivity index (χ3v) is 11.9. The topological polar surface area (TPSA) is 20.3 Å². The quantitative estimate of drug-likeness (QED) is 0.254. The van der Waals surface area contributed by atoms with Crippen LogP contribution in [0.4, 0.5) is 0 Å². The lowest BCUT2D eigenvalue weighted by molar-refractivity contribution is -0.139. The maximum absolute atomic E-state index is 14.0. The van der Waals surface area contributed by atoms with Crippen LogP contribution in [-0.4, -0.2) is 35.2 Å². The van der Waals surface area contributed by atoms with Gasteiger partial charge in [-0.3, -0.25) is 4.79 Å². The molecule has 194 valence electrons. The third kappa shape index (κ3) is 6.09. The van der Waals surface area contributed by atoms with Gasteiger partial charge < -0.3 is 4.90 Å². The summed E-state index contributed by atoms with van der Waals surface area (Å²) in [5.74, 6) is 0.0241. The van der Waals surface area contributed by atoms with Gasteiger partial charge in [-0.1, -0.05) is 142 Å². The van der Waals surface area contributed by atoms with Gasteiger partial charge in [-0.05, 0) is 49.6 Å².